The van der Waals surface area contributed by atoms with Crippen LogP contribution in [0.3, 0.4) is 0 Å². The van der Waals surface area contributed by atoms with Gasteiger partial charge in [-0.2, -0.15) is 0 Å². The van der Waals surface area contributed by atoms with Crippen molar-refractivity contribution in [1.82, 2.24) is 5.32 Å². The number of halogens is 3. The number of amides is 1. The van der Waals surface area contributed by atoms with E-state index in [0.717, 1.165) is 0 Å². The van der Waals surface area contributed by atoms with Crippen molar-refractivity contribution >= 4 is 22.0 Å². The molecular weight excluding hydrogens is 272 g/mol. The average Bonchev–Trinajstić information content (AvgIpc) is 2.19. The van der Waals surface area contributed by atoms with Crippen LogP contribution in [0.4, 0.5) is 13.6 Å². The maximum Gasteiger partial charge on any atom is 0.405 e. The Morgan fingerprint density at radius 3 is 2.80 bits per heavy atom. The van der Waals surface area contributed by atoms with E-state index in [1.807, 2.05) is 5.32 Å². The Morgan fingerprint density at radius 2 is 2.27 bits per heavy atom. The van der Waals surface area contributed by atoms with Crippen LogP contribution in [0.15, 0.2) is 22.7 Å². The van der Waals surface area contributed by atoms with Crippen LogP contribution in [0, 0.1) is 5.82 Å². The molecule has 0 fully saturated rings. The van der Waals surface area contributed by atoms with E-state index < -0.39 is 24.6 Å². The van der Waals surface area contributed by atoms with E-state index in [1.54, 1.807) is 0 Å². The maximum absolute atomic E-state index is 13.4. The highest BCUT2D eigenvalue weighted by molar-refractivity contribution is 9.10. The van der Waals surface area contributed by atoms with Gasteiger partial charge in [-0.15, -0.1) is 0 Å². The Kier molecular flexibility index (Phi) is 4.02. The van der Waals surface area contributed by atoms with Crippen molar-refractivity contribution < 1.29 is 18.7 Å². The van der Waals surface area contributed by atoms with Gasteiger partial charge >= 0.3 is 6.09 Å². The minimum absolute atomic E-state index is 0.0192. The van der Waals surface area contributed by atoms with Crippen molar-refractivity contribution in [2.24, 2.45) is 0 Å². The molecule has 1 rings (SSSR count). The standard InChI is InChI=1S/C9H8BrF2NO2/c10-6-3-1-2-5(8(6)12)7(4-11)13-9(14)15/h1-3,7,13H,4H2,(H,14,15). The Morgan fingerprint density at radius 1 is 1.60 bits per heavy atom. The zero-order valence-corrected chi connectivity index (χ0v) is 9.09. The Bertz CT molecular complexity index is 373. The number of carbonyl (C=O) groups is 1. The van der Waals surface area contributed by atoms with Gasteiger partial charge in [-0.05, 0) is 22.0 Å². The van der Waals surface area contributed by atoms with E-state index >= 15 is 0 Å². The molecule has 0 spiro atoms. The maximum atomic E-state index is 13.4. The summed E-state index contributed by atoms with van der Waals surface area (Å²) in [5.74, 6) is -0.658. The van der Waals surface area contributed by atoms with Crippen LogP contribution in [-0.2, 0) is 0 Å². The van der Waals surface area contributed by atoms with Crippen molar-refractivity contribution in [3.8, 4) is 0 Å². The summed E-state index contributed by atoms with van der Waals surface area (Å²) in [4.78, 5) is 10.3. The first-order valence-electron chi connectivity index (χ1n) is 4.05. The molecule has 2 N–H and O–H groups in total. The van der Waals surface area contributed by atoms with Crippen LogP contribution in [0.2, 0.25) is 0 Å². The lowest BCUT2D eigenvalue weighted by Gasteiger charge is -2.14. The zero-order chi connectivity index (χ0) is 11.4. The molecule has 0 bridgehead atoms. The third-order valence-corrected chi connectivity index (χ3v) is 2.42. The van der Waals surface area contributed by atoms with Gasteiger partial charge in [-0.25, -0.2) is 13.6 Å². The lowest BCUT2D eigenvalue weighted by molar-refractivity contribution is 0.186. The van der Waals surface area contributed by atoms with Gasteiger partial charge in [0.1, 0.15) is 12.5 Å². The molecule has 1 aromatic carbocycles. The van der Waals surface area contributed by atoms with Crippen molar-refractivity contribution in [2.75, 3.05) is 6.67 Å². The van der Waals surface area contributed by atoms with E-state index in [4.69, 9.17) is 5.11 Å². The molecule has 1 atom stereocenters. The molecule has 0 saturated carbocycles. The van der Waals surface area contributed by atoms with Gasteiger partial charge in [0.25, 0.3) is 0 Å². The van der Waals surface area contributed by atoms with E-state index in [9.17, 15) is 13.6 Å². The number of rotatable bonds is 3. The number of nitrogens with one attached hydrogen (secondary N) is 1. The Labute approximate surface area is 93.2 Å². The summed E-state index contributed by atoms with van der Waals surface area (Å²) in [5, 5.41) is 10.3. The van der Waals surface area contributed by atoms with Gasteiger partial charge in [0.15, 0.2) is 0 Å². The molecule has 0 aliphatic heterocycles. The highest BCUT2D eigenvalue weighted by Crippen LogP contribution is 2.24. The summed E-state index contributed by atoms with van der Waals surface area (Å²) in [6.45, 7) is -1.00. The Balaban J connectivity index is 3.01. The third kappa shape index (κ3) is 2.89. The van der Waals surface area contributed by atoms with E-state index in [-0.39, 0.29) is 10.0 Å². The SMILES string of the molecule is O=C(O)NC(CF)c1cccc(Br)c1F. The molecule has 0 aromatic heterocycles. The summed E-state index contributed by atoms with van der Waals surface area (Å²) in [6.07, 6.45) is -1.39. The average molecular weight is 280 g/mol. The molecule has 0 saturated heterocycles. The van der Waals surface area contributed by atoms with E-state index in [1.165, 1.54) is 18.2 Å². The van der Waals surface area contributed by atoms with Crippen molar-refractivity contribution in [3.63, 3.8) is 0 Å². The molecule has 1 unspecified atom stereocenters. The fraction of sp³-hybridized carbons (Fsp3) is 0.222. The van der Waals surface area contributed by atoms with Gasteiger partial charge in [0.05, 0.1) is 10.5 Å². The fourth-order valence-corrected chi connectivity index (χ4v) is 1.52. The molecule has 6 heteroatoms. The molecule has 1 amide bonds. The molecule has 0 aliphatic rings. The molecule has 0 aliphatic carbocycles. The zero-order valence-electron chi connectivity index (χ0n) is 7.51. The molecule has 1 aromatic rings. The number of carboxylic acid groups (broad SMARTS) is 1. The van der Waals surface area contributed by atoms with E-state index in [2.05, 4.69) is 15.9 Å². The third-order valence-electron chi connectivity index (χ3n) is 1.81. The molecule has 15 heavy (non-hydrogen) atoms. The van der Waals surface area contributed by atoms with Crippen LogP contribution in [0.5, 0.6) is 0 Å². The van der Waals surface area contributed by atoms with Gasteiger partial charge in [0, 0.05) is 5.56 Å². The van der Waals surface area contributed by atoms with Gasteiger partial charge in [0.2, 0.25) is 0 Å². The van der Waals surface area contributed by atoms with Crippen LogP contribution in [-0.4, -0.2) is 17.9 Å². The Hall–Kier alpha value is -1.17. The minimum atomic E-state index is -1.39. The quantitative estimate of drug-likeness (QED) is 0.894. The van der Waals surface area contributed by atoms with Crippen LogP contribution < -0.4 is 5.32 Å². The molecule has 0 heterocycles. The molecule has 82 valence electrons. The minimum Gasteiger partial charge on any atom is -0.465 e. The van der Waals surface area contributed by atoms with Gasteiger partial charge < -0.3 is 10.4 Å². The lowest BCUT2D eigenvalue weighted by atomic mass is 10.1. The molecule has 0 radical (unpaired) electrons. The first-order chi connectivity index (χ1) is 7.06. The number of hydrogen-bond acceptors (Lipinski definition) is 1. The smallest absolute Gasteiger partial charge is 0.405 e. The summed E-state index contributed by atoms with van der Waals surface area (Å²) >= 11 is 2.94. The fourth-order valence-electron chi connectivity index (χ4n) is 1.14. The number of alkyl halides is 1. The van der Waals surface area contributed by atoms with Crippen LogP contribution in [0.1, 0.15) is 11.6 Å². The largest absolute Gasteiger partial charge is 0.465 e. The summed E-state index contributed by atoms with van der Waals surface area (Å²) < 4.78 is 26.1. The lowest BCUT2D eigenvalue weighted by Crippen LogP contribution is -2.28. The predicted octanol–water partition coefficient (Wildman–Crippen LogP) is 2.87. The molecule has 3 nitrogen and oxygen atoms in total. The van der Waals surface area contributed by atoms with Crippen LogP contribution in [0.25, 0.3) is 0 Å². The highest BCUT2D eigenvalue weighted by Gasteiger charge is 2.18. The summed E-state index contributed by atoms with van der Waals surface area (Å²) in [7, 11) is 0. The monoisotopic (exact) mass is 279 g/mol. The number of benzene rings is 1. The summed E-state index contributed by atoms with van der Waals surface area (Å²) in [6, 6.07) is 3.11. The molecular formula is C9H8BrF2NO2. The first kappa shape index (κ1) is 11.9. The van der Waals surface area contributed by atoms with Gasteiger partial charge in [-0.3, -0.25) is 0 Å². The second-order valence-electron chi connectivity index (χ2n) is 2.80. The van der Waals surface area contributed by atoms with Crippen LogP contribution >= 0.6 is 15.9 Å². The van der Waals surface area contributed by atoms with Crippen molar-refractivity contribution in [1.29, 1.82) is 0 Å². The predicted molar refractivity (Wildman–Crippen MR) is 54.0 cm³/mol. The normalized spacial score (nSPS) is 12.2. The number of hydrogen-bond donors (Lipinski definition) is 2. The van der Waals surface area contributed by atoms with E-state index in [0.29, 0.717) is 0 Å². The van der Waals surface area contributed by atoms with Crippen molar-refractivity contribution in [3.05, 3.63) is 34.1 Å². The summed E-state index contributed by atoms with van der Waals surface area (Å²) in [5.41, 5.74) is -0.0192. The first-order valence-corrected chi connectivity index (χ1v) is 4.85. The second-order valence-corrected chi connectivity index (χ2v) is 3.65. The van der Waals surface area contributed by atoms with Gasteiger partial charge in [-0.1, -0.05) is 12.1 Å². The second kappa shape index (κ2) is 5.06. The topological polar surface area (TPSA) is 49.3 Å². The highest BCUT2D eigenvalue weighted by atomic mass is 79.9. The van der Waals surface area contributed by atoms with Crippen molar-refractivity contribution in [2.45, 2.75) is 6.04 Å².